The molecule has 1 aromatic carbocycles. The third kappa shape index (κ3) is 4.86. The van der Waals surface area contributed by atoms with Gasteiger partial charge in [0.05, 0.1) is 28.1 Å². The third-order valence-electron chi connectivity index (χ3n) is 4.83. The van der Waals surface area contributed by atoms with Gasteiger partial charge in [-0.2, -0.15) is 0 Å². The number of anilines is 1. The lowest BCUT2D eigenvalue weighted by atomic mass is 9.95. The SMILES string of the molecule is CC(C)Nc1c(C(N)=O)c(CCC(C)(C)O)nc2ccc(-c3ccc(=O)[nH]c3)cc12. The molecule has 0 spiro atoms. The van der Waals surface area contributed by atoms with Crippen LogP contribution in [0.4, 0.5) is 5.69 Å². The average Bonchev–Trinajstić information content (AvgIpc) is 2.65. The van der Waals surface area contributed by atoms with Gasteiger partial charge < -0.3 is 21.1 Å². The van der Waals surface area contributed by atoms with Crippen molar-refractivity contribution in [3.63, 3.8) is 0 Å². The predicted octanol–water partition coefficient (Wildman–Crippen LogP) is 3.21. The van der Waals surface area contributed by atoms with Gasteiger partial charge in [0.1, 0.15) is 0 Å². The highest BCUT2D eigenvalue weighted by Gasteiger charge is 2.22. The molecule has 0 bridgehead atoms. The fraction of sp³-hybridized carbons (Fsp3) is 0.348. The van der Waals surface area contributed by atoms with Crippen LogP contribution in [0.3, 0.4) is 0 Å². The van der Waals surface area contributed by atoms with Crippen molar-refractivity contribution in [1.82, 2.24) is 9.97 Å². The minimum atomic E-state index is -0.884. The van der Waals surface area contributed by atoms with Crippen molar-refractivity contribution >= 4 is 22.5 Å². The molecule has 7 nitrogen and oxygen atoms in total. The summed E-state index contributed by atoms with van der Waals surface area (Å²) in [5, 5.41) is 14.3. The molecular formula is C23H28N4O3. The second-order valence-electron chi connectivity index (χ2n) is 8.46. The summed E-state index contributed by atoms with van der Waals surface area (Å²) in [4.78, 5) is 31.2. The number of nitrogens with one attached hydrogen (secondary N) is 2. The molecule has 1 amide bonds. The molecule has 0 fully saturated rings. The first-order chi connectivity index (χ1) is 14.0. The fourth-order valence-corrected chi connectivity index (χ4v) is 3.39. The van der Waals surface area contributed by atoms with Gasteiger partial charge in [-0.1, -0.05) is 6.07 Å². The predicted molar refractivity (Wildman–Crippen MR) is 120 cm³/mol. The Kier molecular flexibility index (Phi) is 5.94. The number of fused-ring (bicyclic) bond motifs is 1. The molecule has 0 aliphatic heterocycles. The van der Waals surface area contributed by atoms with Gasteiger partial charge in [-0.15, -0.1) is 0 Å². The van der Waals surface area contributed by atoms with Crippen LogP contribution in [0.2, 0.25) is 0 Å². The van der Waals surface area contributed by atoms with E-state index in [4.69, 9.17) is 10.7 Å². The molecule has 3 aromatic rings. The number of carbonyl (C=O) groups is 1. The molecule has 0 radical (unpaired) electrons. The fourth-order valence-electron chi connectivity index (χ4n) is 3.39. The zero-order valence-corrected chi connectivity index (χ0v) is 17.7. The van der Waals surface area contributed by atoms with Crippen LogP contribution in [0.1, 0.15) is 50.2 Å². The van der Waals surface area contributed by atoms with Crippen LogP contribution in [0.15, 0.2) is 41.3 Å². The standard InChI is InChI=1S/C23H28N4O3/c1-13(2)26-21-16-11-14(15-6-8-19(28)25-12-15)5-7-17(16)27-18(20(21)22(24)29)9-10-23(3,4)30/h5-8,11-13,30H,9-10H2,1-4H3,(H2,24,29)(H,25,28)(H,26,27). The number of nitrogens with two attached hydrogens (primary N) is 1. The van der Waals surface area contributed by atoms with E-state index < -0.39 is 11.5 Å². The number of H-pyrrole nitrogens is 1. The number of nitrogens with zero attached hydrogens (tertiary/aromatic N) is 1. The van der Waals surface area contributed by atoms with Crippen LogP contribution >= 0.6 is 0 Å². The van der Waals surface area contributed by atoms with E-state index in [1.54, 1.807) is 26.1 Å². The Hall–Kier alpha value is -3.19. The molecule has 5 N–H and O–H groups in total. The van der Waals surface area contributed by atoms with Gasteiger partial charge in [-0.3, -0.25) is 14.6 Å². The quantitative estimate of drug-likeness (QED) is 0.478. The minimum absolute atomic E-state index is 0.0626. The molecule has 0 unspecified atom stereocenters. The first-order valence-corrected chi connectivity index (χ1v) is 9.99. The van der Waals surface area contributed by atoms with E-state index in [-0.39, 0.29) is 11.6 Å². The lowest BCUT2D eigenvalue weighted by Crippen LogP contribution is -2.24. The van der Waals surface area contributed by atoms with Gasteiger partial charge >= 0.3 is 0 Å². The molecule has 3 rings (SSSR count). The summed E-state index contributed by atoms with van der Waals surface area (Å²) in [6.07, 6.45) is 2.52. The Balaban J connectivity index is 2.23. The number of hydrogen-bond donors (Lipinski definition) is 4. The van der Waals surface area contributed by atoms with Crippen molar-refractivity contribution in [2.45, 2.75) is 52.2 Å². The highest BCUT2D eigenvalue weighted by atomic mass is 16.3. The van der Waals surface area contributed by atoms with Crippen LogP contribution in [-0.4, -0.2) is 32.6 Å². The van der Waals surface area contributed by atoms with Crippen molar-refractivity contribution in [2.75, 3.05) is 5.32 Å². The first-order valence-electron chi connectivity index (χ1n) is 9.99. The number of pyridine rings is 2. The molecule has 2 heterocycles. The summed E-state index contributed by atoms with van der Waals surface area (Å²) >= 11 is 0. The van der Waals surface area contributed by atoms with Gasteiger partial charge in [-0.25, -0.2) is 0 Å². The van der Waals surface area contributed by atoms with E-state index in [9.17, 15) is 14.7 Å². The number of aryl methyl sites for hydroxylation is 1. The largest absolute Gasteiger partial charge is 0.390 e. The summed E-state index contributed by atoms with van der Waals surface area (Å²) in [6, 6.07) is 9.03. The number of aromatic amines is 1. The molecule has 7 heteroatoms. The van der Waals surface area contributed by atoms with Crippen molar-refractivity contribution in [1.29, 1.82) is 0 Å². The van der Waals surface area contributed by atoms with E-state index in [1.807, 2.05) is 32.0 Å². The number of amides is 1. The average molecular weight is 409 g/mol. The monoisotopic (exact) mass is 408 g/mol. The third-order valence-corrected chi connectivity index (χ3v) is 4.83. The second kappa shape index (κ2) is 8.28. The lowest BCUT2D eigenvalue weighted by Gasteiger charge is -2.21. The molecule has 2 aromatic heterocycles. The van der Waals surface area contributed by atoms with E-state index in [1.165, 1.54) is 6.07 Å². The van der Waals surface area contributed by atoms with Crippen LogP contribution in [-0.2, 0) is 6.42 Å². The number of primary amides is 1. The summed E-state index contributed by atoms with van der Waals surface area (Å²) in [5.41, 5.74) is 8.72. The molecule has 30 heavy (non-hydrogen) atoms. The minimum Gasteiger partial charge on any atom is -0.390 e. The Morgan fingerprint density at radius 2 is 1.93 bits per heavy atom. The van der Waals surface area contributed by atoms with Gasteiger partial charge in [0.15, 0.2) is 0 Å². The smallest absolute Gasteiger partial charge is 0.252 e. The van der Waals surface area contributed by atoms with Gasteiger partial charge in [0.25, 0.3) is 5.91 Å². The Bertz CT molecular complexity index is 1120. The highest BCUT2D eigenvalue weighted by Crippen LogP contribution is 2.33. The van der Waals surface area contributed by atoms with Gasteiger partial charge in [0.2, 0.25) is 5.56 Å². The maximum Gasteiger partial charge on any atom is 0.252 e. The molecular weight excluding hydrogens is 380 g/mol. The van der Waals surface area contributed by atoms with E-state index in [0.717, 1.165) is 22.0 Å². The molecule has 0 saturated carbocycles. The number of hydrogen-bond acceptors (Lipinski definition) is 5. The normalized spacial score (nSPS) is 11.8. The van der Waals surface area contributed by atoms with Crippen molar-refractivity contribution in [3.8, 4) is 11.1 Å². The van der Waals surface area contributed by atoms with Crippen LogP contribution in [0.5, 0.6) is 0 Å². The van der Waals surface area contributed by atoms with E-state index >= 15 is 0 Å². The van der Waals surface area contributed by atoms with Gasteiger partial charge in [0, 0.05) is 23.7 Å². The lowest BCUT2D eigenvalue weighted by molar-refractivity contribution is 0.0709. The summed E-state index contributed by atoms with van der Waals surface area (Å²) < 4.78 is 0. The second-order valence-corrected chi connectivity index (χ2v) is 8.46. The number of aromatic nitrogens is 2. The maximum atomic E-state index is 12.4. The Morgan fingerprint density at radius 3 is 2.50 bits per heavy atom. The molecule has 0 atom stereocenters. The van der Waals surface area contributed by atoms with E-state index in [2.05, 4.69) is 10.3 Å². The van der Waals surface area contributed by atoms with Crippen molar-refractivity contribution in [3.05, 3.63) is 58.1 Å². The highest BCUT2D eigenvalue weighted by molar-refractivity contribution is 6.08. The number of aliphatic hydroxyl groups is 1. The molecule has 0 aliphatic rings. The summed E-state index contributed by atoms with van der Waals surface area (Å²) in [6.45, 7) is 7.42. The summed E-state index contributed by atoms with van der Waals surface area (Å²) in [7, 11) is 0. The molecule has 0 saturated heterocycles. The zero-order chi connectivity index (χ0) is 22.1. The van der Waals surface area contributed by atoms with Crippen LogP contribution in [0.25, 0.3) is 22.0 Å². The van der Waals surface area contributed by atoms with Crippen molar-refractivity contribution < 1.29 is 9.90 Å². The summed E-state index contributed by atoms with van der Waals surface area (Å²) in [5.74, 6) is -0.562. The Morgan fingerprint density at radius 1 is 1.23 bits per heavy atom. The number of carbonyl (C=O) groups excluding carboxylic acids is 1. The molecule has 0 aliphatic carbocycles. The van der Waals surface area contributed by atoms with Crippen LogP contribution in [0, 0.1) is 0 Å². The van der Waals surface area contributed by atoms with E-state index in [0.29, 0.717) is 29.8 Å². The molecule has 158 valence electrons. The Labute approximate surface area is 175 Å². The number of rotatable bonds is 7. The topological polar surface area (TPSA) is 121 Å². The van der Waals surface area contributed by atoms with Gasteiger partial charge in [-0.05, 0) is 69.9 Å². The zero-order valence-electron chi connectivity index (χ0n) is 17.7. The van der Waals surface area contributed by atoms with Crippen LogP contribution < -0.4 is 16.6 Å². The van der Waals surface area contributed by atoms with Crippen molar-refractivity contribution in [2.24, 2.45) is 5.73 Å². The first kappa shape index (κ1) is 21.5. The number of benzene rings is 1. The maximum absolute atomic E-state index is 12.4.